The van der Waals surface area contributed by atoms with Gasteiger partial charge in [-0.3, -0.25) is 4.99 Å². The van der Waals surface area contributed by atoms with Crippen LogP contribution in [-0.4, -0.2) is 17.0 Å². The number of amidine groups is 1. The summed E-state index contributed by atoms with van der Waals surface area (Å²) in [4.78, 5) is 4.82. The van der Waals surface area contributed by atoms with Gasteiger partial charge in [-0.25, -0.2) is 0 Å². The first-order valence-electron chi connectivity index (χ1n) is 6.46. The summed E-state index contributed by atoms with van der Waals surface area (Å²) < 4.78 is 0. The molecule has 2 aliphatic rings. The van der Waals surface area contributed by atoms with Crippen LogP contribution in [0.2, 0.25) is 5.02 Å². The van der Waals surface area contributed by atoms with Crippen molar-refractivity contribution in [2.75, 3.05) is 11.1 Å². The number of aliphatic imine (C=N–C) groups is 1. The third-order valence-corrected chi connectivity index (χ3v) is 5.24. The Labute approximate surface area is 117 Å². The van der Waals surface area contributed by atoms with Gasteiger partial charge in [-0.2, -0.15) is 0 Å². The Morgan fingerprint density at radius 2 is 2.28 bits per heavy atom. The van der Waals surface area contributed by atoms with E-state index in [4.69, 9.17) is 16.6 Å². The smallest absolute Gasteiger partial charge is 0.161 e. The minimum Gasteiger partial charge on any atom is -0.335 e. The van der Waals surface area contributed by atoms with Crippen molar-refractivity contribution in [3.8, 4) is 0 Å². The Bertz CT molecular complexity index is 487. The minimum atomic E-state index is 0.551. The van der Waals surface area contributed by atoms with Crippen LogP contribution in [0.25, 0.3) is 0 Å². The quantitative estimate of drug-likeness (QED) is 0.828. The van der Waals surface area contributed by atoms with E-state index in [1.165, 1.54) is 25.0 Å². The molecule has 1 N–H and O–H groups in total. The molecule has 0 aromatic heterocycles. The Morgan fingerprint density at radius 3 is 3.11 bits per heavy atom. The average molecular weight is 281 g/mol. The maximum atomic E-state index is 6.13. The molecule has 0 spiro atoms. The van der Waals surface area contributed by atoms with Gasteiger partial charge in [0.05, 0.1) is 6.04 Å². The Kier molecular flexibility index (Phi) is 3.53. The van der Waals surface area contributed by atoms with Gasteiger partial charge in [0.2, 0.25) is 0 Å². The van der Waals surface area contributed by atoms with Crippen LogP contribution in [0.3, 0.4) is 0 Å². The number of benzene rings is 1. The summed E-state index contributed by atoms with van der Waals surface area (Å²) in [5.74, 6) is 2.01. The Hall–Kier alpha value is -0.670. The molecule has 1 fully saturated rings. The van der Waals surface area contributed by atoms with Crippen LogP contribution >= 0.6 is 23.4 Å². The highest BCUT2D eigenvalue weighted by molar-refractivity contribution is 8.14. The molecule has 96 valence electrons. The van der Waals surface area contributed by atoms with Crippen LogP contribution in [0.5, 0.6) is 0 Å². The van der Waals surface area contributed by atoms with Gasteiger partial charge < -0.3 is 5.32 Å². The summed E-state index contributed by atoms with van der Waals surface area (Å²) in [6.45, 7) is 2.02. The average Bonchev–Trinajstić information content (AvgIpc) is 2.81. The third-order valence-electron chi connectivity index (χ3n) is 3.76. The number of hydrogen-bond acceptors (Lipinski definition) is 3. The van der Waals surface area contributed by atoms with E-state index in [9.17, 15) is 0 Å². The van der Waals surface area contributed by atoms with Gasteiger partial charge in [-0.1, -0.05) is 35.9 Å². The highest BCUT2D eigenvalue weighted by Crippen LogP contribution is 2.35. The van der Waals surface area contributed by atoms with Crippen LogP contribution in [-0.2, 0) is 0 Å². The van der Waals surface area contributed by atoms with E-state index in [1.54, 1.807) is 0 Å². The van der Waals surface area contributed by atoms with Gasteiger partial charge in [0.15, 0.2) is 5.17 Å². The predicted molar refractivity (Wildman–Crippen MR) is 80.8 cm³/mol. The van der Waals surface area contributed by atoms with Gasteiger partial charge in [0, 0.05) is 16.5 Å². The van der Waals surface area contributed by atoms with E-state index < -0.39 is 0 Å². The molecule has 1 heterocycles. The normalized spacial score (nSPS) is 26.7. The molecule has 18 heavy (non-hydrogen) atoms. The molecule has 0 amide bonds. The standard InChI is InChI=1S/C14H17ClN2S/c1-9-5-6-11(7-12(9)15)16-14-17-13-4-2-3-10(13)8-18-14/h5-7,10,13H,2-4,8H2,1H3,(H,16,17). The van der Waals surface area contributed by atoms with Crippen molar-refractivity contribution in [1.29, 1.82) is 0 Å². The lowest BCUT2D eigenvalue weighted by Gasteiger charge is -2.23. The summed E-state index contributed by atoms with van der Waals surface area (Å²) in [6, 6.07) is 6.62. The van der Waals surface area contributed by atoms with E-state index in [1.807, 2.05) is 30.8 Å². The zero-order valence-electron chi connectivity index (χ0n) is 10.4. The molecule has 1 aromatic carbocycles. The van der Waals surface area contributed by atoms with Crippen molar-refractivity contribution in [3.05, 3.63) is 28.8 Å². The number of nitrogens with one attached hydrogen (secondary N) is 1. The van der Waals surface area contributed by atoms with Crippen LogP contribution in [0.15, 0.2) is 23.2 Å². The van der Waals surface area contributed by atoms with Crippen molar-refractivity contribution >= 4 is 34.2 Å². The first-order valence-corrected chi connectivity index (χ1v) is 7.82. The number of rotatable bonds is 1. The second-order valence-corrected chi connectivity index (χ2v) is 6.51. The predicted octanol–water partition coefficient (Wildman–Crippen LogP) is 4.33. The molecule has 0 radical (unpaired) electrons. The van der Waals surface area contributed by atoms with Crippen molar-refractivity contribution in [2.45, 2.75) is 32.2 Å². The monoisotopic (exact) mass is 280 g/mol. The number of halogens is 1. The SMILES string of the molecule is Cc1ccc(NC2=NC3CCCC3CS2)cc1Cl. The molecule has 4 heteroatoms. The number of thioether (sulfide) groups is 1. The summed E-state index contributed by atoms with van der Waals surface area (Å²) in [5, 5.41) is 5.25. The molecule has 1 saturated carbocycles. The molecule has 0 saturated heterocycles. The van der Waals surface area contributed by atoms with Crippen LogP contribution < -0.4 is 5.32 Å². The summed E-state index contributed by atoms with van der Waals surface area (Å²) in [7, 11) is 0. The van der Waals surface area contributed by atoms with E-state index in [2.05, 4.69) is 11.4 Å². The van der Waals surface area contributed by atoms with E-state index in [0.29, 0.717) is 6.04 Å². The summed E-state index contributed by atoms with van der Waals surface area (Å²) in [6.07, 6.45) is 3.94. The number of fused-ring (bicyclic) bond motifs is 1. The number of anilines is 1. The topological polar surface area (TPSA) is 24.4 Å². The first-order chi connectivity index (χ1) is 8.72. The van der Waals surface area contributed by atoms with E-state index in [0.717, 1.165) is 27.4 Å². The molecular weight excluding hydrogens is 264 g/mol. The Morgan fingerprint density at radius 1 is 1.39 bits per heavy atom. The van der Waals surface area contributed by atoms with Gasteiger partial charge in [-0.05, 0) is 43.4 Å². The second-order valence-electron chi connectivity index (χ2n) is 5.09. The fourth-order valence-electron chi connectivity index (χ4n) is 2.62. The van der Waals surface area contributed by atoms with Gasteiger partial charge >= 0.3 is 0 Å². The lowest BCUT2D eigenvalue weighted by Crippen LogP contribution is -2.25. The zero-order chi connectivity index (χ0) is 12.5. The highest BCUT2D eigenvalue weighted by Gasteiger charge is 2.30. The highest BCUT2D eigenvalue weighted by atomic mass is 35.5. The molecule has 1 aliphatic heterocycles. The molecule has 1 aromatic rings. The third kappa shape index (κ3) is 2.52. The molecule has 0 bridgehead atoms. The molecule has 3 rings (SSSR count). The van der Waals surface area contributed by atoms with E-state index >= 15 is 0 Å². The summed E-state index contributed by atoms with van der Waals surface area (Å²) >= 11 is 7.97. The zero-order valence-corrected chi connectivity index (χ0v) is 12.0. The summed E-state index contributed by atoms with van der Waals surface area (Å²) in [5.41, 5.74) is 2.14. The largest absolute Gasteiger partial charge is 0.335 e. The maximum Gasteiger partial charge on any atom is 0.161 e. The first kappa shape index (κ1) is 12.4. The van der Waals surface area contributed by atoms with Crippen molar-refractivity contribution in [3.63, 3.8) is 0 Å². The number of hydrogen-bond donors (Lipinski definition) is 1. The molecular formula is C14H17ClN2S. The fraction of sp³-hybridized carbons (Fsp3) is 0.500. The number of nitrogens with zero attached hydrogens (tertiary/aromatic N) is 1. The minimum absolute atomic E-state index is 0.551. The van der Waals surface area contributed by atoms with Gasteiger partial charge in [0.1, 0.15) is 0 Å². The van der Waals surface area contributed by atoms with Crippen molar-refractivity contribution in [1.82, 2.24) is 0 Å². The molecule has 2 atom stereocenters. The molecule has 1 aliphatic carbocycles. The van der Waals surface area contributed by atoms with Gasteiger partial charge in [-0.15, -0.1) is 0 Å². The fourth-order valence-corrected chi connectivity index (χ4v) is 3.96. The maximum absolute atomic E-state index is 6.13. The van der Waals surface area contributed by atoms with E-state index in [-0.39, 0.29) is 0 Å². The second kappa shape index (κ2) is 5.14. The number of aryl methyl sites for hydroxylation is 1. The van der Waals surface area contributed by atoms with Crippen LogP contribution in [0.1, 0.15) is 24.8 Å². The van der Waals surface area contributed by atoms with Gasteiger partial charge in [0.25, 0.3) is 0 Å². The van der Waals surface area contributed by atoms with Crippen molar-refractivity contribution < 1.29 is 0 Å². The lowest BCUT2D eigenvalue weighted by atomic mass is 10.1. The molecule has 2 unspecified atom stereocenters. The van der Waals surface area contributed by atoms with Crippen LogP contribution in [0.4, 0.5) is 5.69 Å². The van der Waals surface area contributed by atoms with Crippen LogP contribution in [0, 0.1) is 12.8 Å². The van der Waals surface area contributed by atoms with Crippen molar-refractivity contribution in [2.24, 2.45) is 10.9 Å². The molecule has 2 nitrogen and oxygen atoms in total. The Balaban J connectivity index is 1.74. The lowest BCUT2D eigenvalue weighted by molar-refractivity contribution is 0.535.